The van der Waals surface area contributed by atoms with Gasteiger partial charge in [-0.1, -0.05) is 6.07 Å². The predicted molar refractivity (Wildman–Crippen MR) is 66.4 cm³/mol. The molecule has 0 heterocycles. The van der Waals surface area contributed by atoms with Crippen molar-refractivity contribution in [1.82, 2.24) is 5.32 Å². The molecule has 1 aromatic rings. The number of benzene rings is 1. The number of nitrogens with one attached hydrogen (secondary N) is 1. The van der Waals surface area contributed by atoms with Crippen molar-refractivity contribution in [3.05, 3.63) is 35.1 Å². The Bertz CT molecular complexity index is 380. The van der Waals surface area contributed by atoms with Crippen molar-refractivity contribution in [2.75, 3.05) is 7.11 Å². The number of ether oxygens (including phenoxy) is 1. The second kappa shape index (κ2) is 5.61. The van der Waals surface area contributed by atoms with Gasteiger partial charge in [0.1, 0.15) is 5.82 Å². The van der Waals surface area contributed by atoms with Gasteiger partial charge in [0.25, 0.3) is 0 Å². The summed E-state index contributed by atoms with van der Waals surface area (Å²) in [5.74, 6) is -0.159. The molecule has 1 N–H and O–H groups in total. The number of hydrogen-bond donors (Lipinski definition) is 1. The molecule has 2 nitrogen and oxygen atoms in total. The molecule has 1 aliphatic rings. The molecule has 1 aliphatic carbocycles. The van der Waals surface area contributed by atoms with Crippen LogP contribution in [0.25, 0.3) is 0 Å². The van der Waals surface area contributed by atoms with E-state index in [1.165, 1.54) is 6.07 Å². The number of rotatable bonds is 4. The highest BCUT2D eigenvalue weighted by Gasteiger charge is 2.23. The Hall–Kier alpha value is -0.930. The number of hydrogen-bond acceptors (Lipinski definition) is 2. The Morgan fingerprint density at radius 1 is 1.41 bits per heavy atom. The molecular formula is C14H20FNO. The summed E-state index contributed by atoms with van der Waals surface area (Å²) in [7, 11) is 1.77. The molecule has 0 saturated heterocycles. The van der Waals surface area contributed by atoms with E-state index in [4.69, 9.17) is 4.74 Å². The van der Waals surface area contributed by atoms with Crippen molar-refractivity contribution < 1.29 is 9.13 Å². The summed E-state index contributed by atoms with van der Waals surface area (Å²) in [5.41, 5.74) is 2.19. The Kier molecular flexibility index (Phi) is 4.13. The Balaban J connectivity index is 1.88. The van der Waals surface area contributed by atoms with Gasteiger partial charge in [-0.05, 0) is 49.4 Å². The Morgan fingerprint density at radius 2 is 2.24 bits per heavy atom. The molecular weight excluding hydrogens is 217 g/mol. The maximum Gasteiger partial charge on any atom is 0.123 e. The number of aryl methyl sites for hydroxylation is 1. The highest BCUT2D eigenvalue weighted by atomic mass is 19.1. The van der Waals surface area contributed by atoms with E-state index in [-0.39, 0.29) is 5.82 Å². The monoisotopic (exact) mass is 237 g/mol. The Labute approximate surface area is 102 Å². The lowest BCUT2D eigenvalue weighted by Gasteiger charge is -2.14. The fraction of sp³-hybridized carbons (Fsp3) is 0.571. The molecule has 94 valence electrons. The summed E-state index contributed by atoms with van der Waals surface area (Å²) in [6.07, 6.45) is 3.72. The van der Waals surface area contributed by atoms with Crippen LogP contribution < -0.4 is 5.32 Å². The average Bonchev–Trinajstić information content (AvgIpc) is 2.78. The topological polar surface area (TPSA) is 21.3 Å². The molecule has 2 atom stereocenters. The van der Waals surface area contributed by atoms with Crippen molar-refractivity contribution in [3.8, 4) is 0 Å². The van der Waals surface area contributed by atoms with Crippen LogP contribution >= 0.6 is 0 Å². The molecule has 3 heteroatoms. The van der Waals surface area contributed by atoms with Crippen LogP contribution in [0.2, 0.25) is 0 Å². The van der Waals surface area contributed by atoms with Gasteiger partial charge in [0.2, 0.25) is 0 Å². The molecule has 0 radical (unpaired) electrons. The van der Waals surface area contributed by atoms with E-state index in [9.17, 15) is 4.39 Å². The summed E-state index contributed by atoms with van der Waals surface area (Å²) in [4.78, 5) is 0. The van der Waals surface area contributed by atoms with Gasteiger partial charge in [0.05, 0.1) is 6.10 Å². The fourth-order valence-corrected chi connectivity index (χ4v) is 2.42. The lowest BCUT2D eigenvalue weighted by Crippen LogP contribution is -2.27. The zero-order valence-electron chi connectivity index (χ0n) is 10.5. The molecule has 2 rings (SSSR count). The zero-order chi connectivity index (χ0) is 12.3. The summed E-state index contributed by atoms with van der Waals surface area (Å²) in [6, 6.07) is 5.46. The Morgan fingerprint density at radius 3 is 2.94 bits per heavy atom. The first-order chi connectivity index (χ1) is 8.19. The van der Waals surface area contributed by atoms with Crippen LogP contribution in [0.1, 0.15) is 30.4 Å². The third kappa shape index (κ3) is 3.27. The highest BCUT2D eigenvalue weighted by Crippen LogP contribution is 2.22. The minimum atomic E-state index is -0.159. The minimum Gasteiger partial charge on any atom is -0.381 e. The molecule has 1 fully saturated rings. The van der Waals surface area contributed by atoms with E-state index in [2.05, 4.69) is 5.32 Å². The maximum absolute atomic E-state index is 13.1. The summed E-state index contributed by atoms with van der Waals surface area (Å²) in [6.45, 7) is 2.76. The van der Waals surface area contributed by atoms with Crippen LogP contribution in [-0.2, 0) is 11.3 Å². The first-order valence-electron chi connectivity index (χ1n) is 6.20. The molecule has 0 aromatic heterocycles. The van der Waals surface area contributed by atoms with E-state index in [1.807, 2.05) is 13.0 Å². The SMILES string of the molecule is COC1CCC(NCc2cc(F)ccc2C)C1. The van der Waals surface area contributed by atoms with Gasteiger partial charge in [-0.2, -0.15) is 0 Å². The van der Waals surface area contributed by atoms with Crippen molar-refractivity contribution in [2.45, 2.75) is 44.9 Å². The van der Waals surface area contributed by atoms with Gasteiger partial charge in [0, 0.05) is 19.7 Å². The van der Waals surface area contributed by atoms with Crippen LogP contribution in [0.5, 0.6) is 0 Å². The molecule has 1 saturated carbocycles. The van der Waals surface area contributed by atoms with Crippen LogP contribution in [0, 0.1) is 12.7 Å². The molecule has 0 amide bonds. The lowest BCUT2D eigenvalue weighted by atomic mass is 10.1. The van der Waals surface area contributed by atoms with Gasteiger partial charge in [0.15, 0.2) is 0 Å². The number of methoxy groups -OCH3 is 1. The van der Waals surface area contributed by atoms with Gasteiger partial charge in [-0.3, -0.25) is 0 Å². The first kappa shape index (κ1) is 12.5. The van der Waals surface area contributed by atoms with E-state index < -0.39 is 0 Å². The van der Waals surface area contributed by atoms with Crippen LogP contribution in [-0.4, -0.2) is 19.3 Å². The summed E-state index contributed by atoms with van der Waals surface area (Å²) >= 11 is 0. The molecule has 17 heavy (non-hydrogen) atoms. The normalized spacial score (nSPS) is 24.2. The van der Waals surface area contributed by atoms with Gasteiger partial charge < -0.3 is 10.1 Å². The van der Waals surface area contributed by atoms with Crippen LogP contribution in [0.3, 0.4) is 0 Å². The summed E-state index contributed by atoms with van der Waals surface area (Å²) < 4.78 is 18.5. The van der Waals surface area contributed by atoms with Gasteiger partial charge >= 0.3 is 0 Å². The molecule has 0 spiro atoms. The predicted octanol–water partition coefficient (Wildman–Crippen LogP) is 2.79. The van der Waals surface area contributed by atoms with E-state index in [1.54, 1.807) is 13.2 Å². The van der Waals surface area contributed by atoms with E-state index in [0.29, 0.717) is 12.1 Å². The third-order valence-corrected chi connectivity index (χ3v) is 3.61. The smallest absolute Gasteiger partial charge is 0.123 e. The highest BCUT2D eigenvalue weighted by molar-refractivity contribution is 5.26. The lowest BCUT2D eigenvalue weighted by molar-refractivity contribution is 0.107. The minimum absolute atomic E-state index is 0.159. The van der Waals surface area contributed by atoms with Crippen LogP contribution in [0.15, 0.2) is 18.2 Å². The van der Waals surface area contributed by atoms with Gasteiger partial charge in [-0.25, -0.2) is 4.39 Å². The quantitative estimate of drug-likeness (QED) is 0.869. The van der Waals surface area contributed by atoms with Crippen molar-refractivity contribution in [1.29, 1.82) is 0 Å². The second-order valence-electron chi connectivity index (χ2n) is 4.82. The summed E-state index contributed by atoms with van der Waals surface area (Å²) in [5, 5.41) is 3.48. The molecule has 1 aromatic carbocycles. The van der Waals surface area contributed by atoms with Crippen molar-refractivity contribution >= 4 is 0 Å². The van der Waals surface area contributed by atoms with E-state index in [0.717, 1.165) is 36.9 Å². The molecule has 0 aliphatic heterocycles. The van der Waals surface area contributed by atoms with E-state index >= 15 is 0 Å². The maximum atomic E-state index is 13.1. The second-order valence-corrected chi connectivity index (χ2v) is 4.82. The third-order valence-electron chi connectivity index (χ3n) is 3.61. The zero-order valence-corrected chi connectivity index (χ0v) is 10.5. The average molecular weight is 237 g/mol. The number of halogens is 1. The standard InChI is InChI=1S/C14H20FNO/c1-10-3-4-12(15)7-11(10)9-16-13-5-6-14(8-13)17-2/h3-4,7,13-14,16H,5-6,8-9H2,1-2H3. The largest absolute Gasteiger partial charge is 0.381 e. The first-order valence-corrected chi connectivity index (χ1v) is 6.20. The van der Waals surface area contributed by atoms with Crippen LogP contribution in [0.4, 0.5) is 4.39 Å². The molecule has 2 unspecified atom stereocenters. The fourth-order valence-electron chi connectivity index (χ4n) is 2.42. The molecule has 0 bridgehead atoms. The van der Waals surface area contributed by atoms with Crippen molar-refractivity contribution in [3.63, 3.8) is 0 Å². The van der Waals surface area contributed by atoms with Gasteiger partial charge in [-0.15, -0.1) is 0 Å². The van der Waals surface area contributed by atoms with Crippen molar-refractivity contribution in [2.24, 2.45) is 0 Å².